The number of nitriles is 2. The summed E-state index contributed by atoms with van der Waals surface area (Å²) in [5, 5.41) is 17.2. The summed E-state index contributed by atoms with van der Waals surface area (Å²) in [6.45, 7) is 0. The molecule has 0 saturated carbocycles. The number of hydrazine groups is 1. The van der Waals surface area contributed by atoms with Gasteiger partial charge in [0.2, 0.25) is 0 Å². The average Bonchev–Trinajstić information content (AvgIpc) is 2.16. The Morgan fingerprint density at radius 2 is 1.83 bits per heavy atom. The molecular weight excluding hydrogens is 152 g/mol. The van der Waals surface area contributed by atoms with E-state index in [0.717, 1.165) is 0 Å². The molecule has 0 aromatic heterocycles. The number of hydrogen-bond donors (Lipinski definition) is 2. The summed E-state index contributed by atoms with van der Waals surface area (Å²) in [7, 11) is 0. The van der Waals surface area contributed by atoms with Gasteiger partial charge in [-0.05, 0) is 18.2 Å². The molecule has 58 valence electrons. The van der Waals surface area contributed by atoms with Gasteiger partial charge in [-0.2, -0.15) is 10.5 Å². The molecule has 3 N–H and O–H groups in total. The number of nitrogens with zero attached hydrogens (tertiary/aromatic N) is 2. The molecule has 1 aromatic rings. The van der Waals surface area contributed by atoms with Gasteiger partial charge < -0.3 is 5.43 Å². The van der Waals surface area contributed by atoms with Gasteiger partial charge in [-0.15, -0.1) is 0 Å². The van der Waals surface area contributed by atoms with Gasteiger partial charge in [0.15, 0.2) is 0 Å². The molecule has 0 amide bonds. The molecule has 12 heavy (non-hydrogen) atoms. The van der Waals surface area contributed by atoms with Crippen molar-refractivity contribution in [2.75, 3.05) is 5.43 Å². The Bertz CT molecular complexity index is 370. The SMILES string of the molecule is N#Cc1ccc(NN)cc1C#N. The van der Waals surface area contributed by atoms with Crippen molar-refractivity contribution >= 4 is 5.69 Å². The van der Waals surface area contributed by atoms with E-state index in [0.29, 0.717) is 16.8 Å². The Morgan fingerprint density at radius 3 is 2.33 bits per heavy atom. The molecule has 0 bridgehead atoms. The standard InChI is InChI=1S/C8H6N4/c9-4-6-1-2-8(12-11)3-7(6)5-10/h1-3,12H,11H2. The van der Waals surface area contributed by atoms with Gasteiger partial charge in [-0.3, -0.25) is 5.84 Å². The summed E-state index contributed by atoms with van der Waals surface area (Å²) in [4.78, 5) is 0. The molecule has 0 saturated heterocycles. The zero-order valence-electron chi connectivity index (χ0n) is 6.20. The van der Waals surface area contributed by atoms with Crippen LogP contribution in [-0.4, -0.2) is 0 Å². The smallest absolute Gasteiger partial charge is 0.101 e. The maximum absolute atomic E-state index is 8.60. The van der Waals surface area contributed by atoms with Crippen LogP contribution in [0.5, 0.6) is 0 Å². The van der Waals surface area contributed by atoms with E-state index in [9.17, 15) is 0 Å². The highest BCUT2D eigenvalue weighted by Gasteiger charge is 2.00. The minimum Gasteiger partial charge on any atom is -0.324 e. The molecule has 0 aliphatic heterocycles. The normalized spacial score (nSPS) is 8.25. The number of benzene rings is 1. The second-order valence-electron chi connectivity index (χ2n) is 2.13. The molecule has 0 atom stereocenters. The molecule has 4 heteroatoms. The molecule has 0 unspecified atom stereocenters. The zero-order valence-corrected chi connectivity index (χ0v) is 6.20. The Kier molecular flexibility index (Phi) is 2.27. The molecule has 1 aromatic carbocycles. The van der Waals surface area contributed by atoms with E-state index in [1.54, 1.807) is 12.1 Å². The van der Waals surface area contributed by atoms with E-state index in [1.807, 2.05) is 12.1 Å². The fraction of sp³-hybridized carbons (Fsp3) is 0. The van der Waals surface area contributed by atoms with Crippen LogP contribution >= 0.6 is 0 Å². The minimum absolute atomic E-state index is 0.327. The van der Waals surface area contributed by atoms with Gasteiger partial charge in [-0.25, -0.2) is 0 Å². The third-order valence-electron chi connectivity index (χ3n) is 1.43. The predicted octanol–water partition coefficient (Wildman–Crippen LogP) is 0.716. The van der Waals surface area contributed by atoms with E-state index in [2.05, 4.69) is 5.43 Å². The molecule has 0 aliphatic rings. The number of nitrogens with one attached hydrogen (secondary N) is 1. The maximum atomic E-state index is 8.60. The first-order valence-corrected chi connectivity index (χ1v) is 3.22. The van der Waals surface area contributed by atoms with Gasteiger partial charge in [0.05, 0.1) is 11.1 Å². The topological polar surface area (TPSA) is 85.6 Å². The third-order valence-corrected chi connectivity index (χ3v) is 1.43. The monoisotopic (exact) mass is 158 g/mol. The van der Waals surface area contributed by atoms with Crippen LogP contribution < -0.4 is 11.3 Å². The Labute approximate surface area is 69.8 Å². The lowest BCUT2D eigenvalue weighted by Crippen LogP contribution is -2.06. The summed E-state index contributed by atoms with van der Waals surface area (Å²) < 4.78 is 0. The van der Waals surface area contributed by atoms with Crippen LogP contribution in [0.25, 0.3) is 0 Å². The first kappa shape index (κ1) is 8.06. The van der Waals surface area contributed by atoms with Gasteiger partial charge in [0, 0.05) is 5.69 Å². The van der Waals surface area contributed by atoms with E-state index >= 15 is 0 Å². The lowest BCUT2D eigenvalue weighted by atomic mass is 10.1. The first-order valence-electron chi connectivity index (χ1n) is 3.22. The van der Waals surface area contributed by atoms with Gasteiger partial charge in [-0.1, -0.05) is 0 Å². The lowest BCUT2D eigenvalue weighted by Gasteiger charge is -1.99. The summed E-state index contributed by atoms with van der Waals surface area (Å²) in [6.07, 6.45) is 0. The molecule has 1 rings (SSSR count). The fourth-order valence-electron chi connectivity index (χ4n) is 0.824. The van der Waals surface area contributed by atoms with E-state index in [4.69, 9.17) is 16.4 Å². The van der Waals surface area contributed by atoms with Crippen molar-refractivity contribution in [3.05, 3.63) is 29.3 Å². The van der Waals surface area contributed by atoms with Crippen molar-refractivity contribution in [1.82, 2.24) is 0 Å². The summed E-state index contributed by atoms with van der Waals surface area (Å²) in [5.41, 5.74) is 3.69. The van der Waals surface area contributed by atoms with Crippen molar-refractivity contribution in [2.24, 2.45) is 5.84 Å². The van der Waals surface area contributed by atoms with Crippen LogP contribution in [0.15, 0.2) is 18.2 Å². The minimum atomic E-state index is 0.327. The largest absolute Gasteiger partial charge is 0.324 e. The number of rotatable bonds is 1. The maximum Gasteiger partial charge on any atom is 0.101 e. The number of nitrogens with two attached hydrogens (primary N) is 1. The number of nitrogen functional groups attached to an aromatic ring is 1. The summed E-state index contributed by atoms with van der Waals surface area (Å²) >= 11 is 0. The molecule has 0 aliphatic carbocycles. The Balaban J connectivity index is 3.25. The first-order chi connectivity index (χ1) is 5.81. The second kappa shape index (κ2) is 3.38. The quantitative estimate of drug-likeness (QED) is 0.465. The van der Waals surface area contributed by atoms with Crippen LogP contribution in [0.4, 0.5) is 5.69 Å². The summed E-state index contributed by atoms with van der Waals surface area (Å²) in [5.74, 6) is 5.12. The van der Waals surface area contributed by atoms with Crippen LogP contribution in [0.3, 0.4) is 0 Å². The van der Waals surface area contributed by atoms with Gasteiger partial charge in [0.1, 0.15) is 12.1 Å². The van der Waals surface area contributed by atoms with Crippen molar-refractivity contribution in [3.8, 4) is 12.1 Å². The van der Waals surface area contributed by atoms with Gasteiger partial charge >= 0.3 is 0 Å². The zero-order chi connectivity index (χ0) is 8.97. The average molecular weight is 158 g/mol. The highest BCUT2D eigenvalue weighted by Crippen LogP contribution is 2.12. The Hall–Kier alpha value is -2.04. The molecule has 0 heterocycles. The van der Waals surface area contributed by atoms with Crippen LogP contribution in [-0.2, 0) is 0 Å². The molecule has 0 spiro atoms. The molecule has 0 fully saturated rings. The Morgan fingerprint density at radius 1 is 1.17 bits per heavy atom. The van der Waals surface area contributed by atoms with Crippen molar-refractivity contribution < 1.29 is 0 Å². The number of anilines is 1. The highest BCUT2D eigenvalue weighted by atomic mass is 15.2. The van der Waals surface area contributed by atoms with Crippen LogP contribution in [0.1, 0.15) is 11.1 Å². The van der Waals surface area contributed by atoms with E-state index in [-0.39, 0.29) is 0 Å². The van der Waals surface area contributed by atoms with Gasteiger partial charge in [0.25, 0.3) is 0 Å². The van der Waals surface area contributed by atoms with Crippen molar-refractivity contribution in [2.45, 2.75) is 0 Å². The summed E-state index contributed by atoms with van der Waals surface area (Å²) in [6, 6.07) is 8.52. The third kappa shape index (κ3) is 1.34. The number of hydrogen-bond acceptors (Lipinski definition) is 4. The fourth-order valence-corrected chi connectivity index (χ4v) is 0.824. The van der Waals surface area contributed by atoms with Crippen LogP contribution in [0.2, 0.25) is 0 Å². The molecule has 0 radical (unpaired) electrons. The second-order valence-corrected chi connectivity index (χ2v) is 2.13. The predicted molar refractivity (Wildman–Crippen MR) is 43.7 cm³/mol. The van der Waals surface area contributed by atoms with Crippen LogP contribution in [0, 0.1) is 22.7 Å². The molecular formula is C8H6N4. The molecule has 4 nitrogen and oxygen atoms in total. The van der Waals surface area contributed by atoms with E-state index in [1.165, 1.54) is 6.07 Å². The van der Waals surface area contributed by atoms with Crippen molar-refractivity contribution in [1.29, 1.82) is 10.5 Å². The highest BCUT2D eigenvalue weighted by molar-refractivity contribution is 5.55. The lowest BCUT2D eigenvalue weighted by molar-refractivity contribution is 1.34. The van der Waals surface area contributed by atoms with Crippen molar-refractivity contribution in [3.63, 3.8) is 0 Å². The van der Waals surface area contributed by atoms with E-state index < -0.39 is 0 Å².